The molecule has 10 heteroatoms. The highest BCUT2D eigenvalue weighted by Crippen LogP contribution is 2.16. The van der Waals surface area contributed by atoms with Gasteiger partial charge in [0.05, 0.1) is 0 Å². The van der Waals surface area contributed by atoms with E-state index in [1.165, 1.54) is 48.3 Å². The first-order valence-corrected chi connectivity index (χ1v) is 7.32. The number of hydrogen-bond acceptors (Lipinski definition) is 6. The standard InChI is InChI=1S/C11H10ClN3O5S/c1-15-10(6-7-13-15)11(16)19-14-21(17,18)20-9-4-2-8(12)3-5-9/h2-7,14H,1H3. The van der Waals surface area contributed by atoms with Crippen LogP contribution in [-0.4, -0.2) is 24.2 Å². The molecule has 0 saturated carbocycles. The topological polar surface area (TPSA) is 99.5 Å². The average molecular weight is 332 g/mol. The summed E-state index contributed by atoms with van der Waals surface area (Å²) in [6, 6.07) is 6.98. The molecule has 0 aliphatic carbocycles. The maximum absolute atomic E-state index is 11.6. The third kappa shape index (κ3) is 4.18. The van der Waals surface area contributed by atoms with Crippen LogP contribution in [0.5, 0.6) is 5.75 Å². The Bertz CT molecular complexity index is 741. The van der Waals surface area contributed by atoms with Crippen LogP contribution in [0.2, 0.25) is 5.02 Å². The van der Waals surface area contributed by atoms with Gasteiger partial charge in [0.2, 0.25) is 0 Å². The van der Waals surface area contributed by atoms with Crippen LogP contribution in [0.25, 0.3) is 0 Å². The molecule has 1 N–H and O–H groups in total. The highest BCUT2D eigenvalue weighted by atomic mass is 35.5. The van der Waals surface area contributed by atoms with Crippen molar-refractivity contribution in [1.29, 1.82) is 0 Å². The zero-order valence-corrected chi connectivity index (χ0v) is 12.3. The zero-order valence-electron chi connectivity index (χ0n) is 10.7. The van der Waals surface area contributed by atoms with E-state index in [4.69, 9.17) is 11.6 Å². The molecule has 112 valence electrons. The Balaban J connectivity index is 1.97. The van der Waals surface area contributed by atoms with Crippen molar-refractivity contribution in [3.05, 3.63) is 47.2 Å². The predicted molar refractivity (Wildman–Crippen MR) is 72.8 cm³/mol. The molecule has 0 saturated heterocycles. The molecule has 0 amide bonds. The first-order chi connectivity index (χ1) is 9.87. The maximum atomic E-state index is 11.6. The van der Waals surface area contributed by atoms with Crippen molar-refractivity contribution in [2.24, 2.45) is 7.05 Å². The van der Waals surface area contributed by atoms with Gasteiger partial charge in [-0.25, -0.2) is 4.79 Å². The third-order valence-corrected chi connectivity index (χ3v) is 3.24. The summed E-state index contributed by atoms with van der Waals surface area (Å²) in [5.41, 5.74) is 0.0733. The fourth-order valence-corrected chi connectivity index (χ4v) is 2.05. The Morgan fingerprint density at radius 3 is 2.52 bits per heavy atom. The molecule has 0 aliphatic rings. The molecule has 8 nitrogen and oxygen atoms in total. The van der Waals surface area contributed by atoms with Gasteiger partial charge >= 0.3 is 16.3 Å². The average Bonchev–Trinajstić information content (AvgIpc) is 2.85. The molecule has 0 spiro atoms. The summed E-state index contributed by atoms with van der Waals surface area (Å²) in [5, 5.41) is 4.18. The Morgan fingerprint density at radius 2 is 1.95 bits per heavy atom. The van der Waals surface area contributed by atoms with Gasteiger partial charge in [0, 0.05) is 18.3 Å². The van der Waals surface area contributed by atoms with Crippen LogP contribution in [0.1, 0.15) is 10.5 Å². The van der Waals surface area contributed by atoms with Crippen LogP contribution in [0.4, 0.5) is 0 Å². The Labute approximate surface area is 125 Å². The minimum Gasteiger partial charge on any atom is -0.369 e. The minimum atomic E-state index is -4.31. The Morgan fingerprint density at radius 1 is 1.29 bits per heavy atom. The summed E-state index contributed by atoms with van der Waals surface area (Å²) in [6.07, 6.45) is 1.37. The van der Waals surface area contributed by atoms with Crippen LogP contribution >= 0.6 is 11.6 Å². The quantitative estimate of drug-likeness (QED) is 0.822. The lowest BCUT2D eigenvalue weighted by Gasteiger charge is -2.08. The number of hydrogen-bond donors (Lipinski definition) is 1. The van der Waals surface area contributed by atoms with Gasteiger partial charge in [0.1, 0.15) is 11.4 Å². The number of benzene rings is 1. The first-order valence-electron chi connectivity index (χ1n) is 5.53. The number of halogens is 1. The van der Waals surface area contributed by atoms with Gasteiger partial charge in [-0.1, -0.05) is 11.6 Å². The second-order valence-electron chi connectivity index (χ2n) is 3.80. The first kappa shape index (κ1) is 15.3. The summed E-state index contributed by atoms with van der Waals surface area (Å²) < 4.78 is 29.0. The summed E-state index contributed by atoms with van der Waals surface area (Å²) in [4.78, 5) is 17.6. The van der Waals surface area contributed by atoms with Crippen molar-refractivity contribution in [3.8, 4) is 5.75 Å². The molecule has 2 rings (SSSR count). The molecule has 0 atom stereocenters. The third-order valence-electron chi connectivity index (χ3n) is 2.29. The number of nitrogens with one attached hydrogen (secondary N) is 1. The highest BCUT2D eigenvalue weighted by Gasteiger charge is 2.18. The largest absolute Gasteiger partial charge is 0.414 e. The fourth-order valence-electron chi connectivity index (χ4n) is 1.35. The molecule has 1 aromatic carbocycles. The molecule has 2 aromatic rings. The number of nitrogens with zero attached hydrogens (tertiary/aromatic N) is 2. The number of carbonyl (C=O) groups excluding carboxylic acids is 1. The van der Waals surface area contributed by atoms with E-state index in [1.54, 1.807) is 4.89 Å². The SMILES string of the molecule is Cn1nccc1C(=O)ONS(=O)(=O)Oc1ccc(Cl)cc1. The van der Waals surface area contributed by atoms with E-state index in [0.717, 1.165) is 0 Å². The second kappa shape index (κ2) is 6.12. The molecule has 0 fully saturated rings. The van der Waals surface area contributed by atoms with Crippen LogP contribution in [0, 0.1) is 0 Å². The summed E-state index contributed by atoms with van der Waals surface area (Å²) in [7, 11) is -2.80. The maximum Gasteiger partial charge on any atom is 0.414 e. The Hall–Kier alpha value is -2.10. The highest BCUT2D eigenvalue weighted by molar-refractivity contribution is 7.84. The lowest BCUT2D eigenvalue weighted by molar-refractivity contribution is 0.0381. The van der Waals surface area contributed by atoms with E-state index in [1.807, 2.05) is 0 Å². The van der Waals surface area contributed by atoms with Gasteiger partial charge in [-0.2, -0.15) is 13.5 Å². The summed E-state index contributed by atoms with van der Waals surface area (Å²) in [5.74, 6) is -0.901. The van der Waals surface area contributed by atoms with Crippen molar-refractivity contribution >= 4 is 27.9 Å². The van der Waals surface area contributed by atoms with Crippen LogP contribution < -0.4 is 9.07 Å². The van der Waals surface area contributed by atoms with Crippen LogP contribution in [0.3, 0.4) is 0 Å². The second-order valence-corrected chi connectivity index (χ2v) is 5.48. The van der Waals surface area contributed by atoms with E-state index in [0.29, 0.717) is 5.02 Å². The molecule has 1 heterocycles. The molecule has 0 unspecified atom stereocenters. The normalized spacial score (nSPS) is 11.1. The van der Waals surface area contributed by atoms with Crippen LogP contribution in [-0.2, 0) is 22.2 Å². The summed E-state index contributed by atoms with van der Waals surface area (Å²) in [6.45, 7) is 0. The van der Waals surface area contributed by atoms with Crippen molar-refractivity contribution in [2.75, 3.05) is 0 Å². The molecular formula is C11H10ClN3O5S. The van der Waals surface area contributed by atoms with Gasteiger partial charge in [-0.05, 0) is 35.2 Å². The summed E-state index contributed by atoms with van der Waals surface area (Å²) >= 11 is 5.66. The van der Waals surface area contributed by atoms with Crippen LogP contribution in [0.15, 0.2) is 36.5 Å². The van der Waals surface area contributed by atoms with E-state index >= 15 is 0 Å². The monoisotopic (exact) mass is 331 g/mol. The van der Waals surface area contributed by atoms with Gasteiger partial charge in [-0.3, -0.25) is 4.68 Å². The smallest absolute Gasteiger partial charge is 0.369 e. The lowest BCUT2D eigenvalue weighted by Crippen LogP contribution is -2.31. The Kier molecular flexibility index (Phi) is 4.46. The van der Waals surface area contributed by atoms with Crippen molar-refractivity contribution in [3.63, 3.8) is 0 Å². The van der Waals surface area contributed by atoms with Gasteiger partial charge in [0.15, 0.2) is 0 Å². The molecule has 0 aliphatic heterocycles. The van der Waals surface area contributed by atoms with Crippen molar-refractivity contribution in [2.45, 2.75) is 0 Å². The molecule has 0 bridgehead atoms. The number of carbonyl (C=O) groups is 1. The van der Waals surface area contributed by atoms with E-state index < -0.39 is 16.3 Å². The van der Waals surface area contributed by atoms with E-state index in [2.05, 4.69) is 14.1 Å². The predicted octanol–water partition coefficient (Wildman–Crippen LogP) is 1.06. The van der Waals surface area contributed by atoms with Gasteiger partial charge in [-0.15, -0.1) is 0 Å². The lowest BCUT2D eigenvalue weighted by atomic mass is 10.3. The number of aromatic nitrogens is 2. The molecular weight excluding hydrogens is 322 g/mol. The van der Waals surface area contributed by atoms with Gasteiger partial charge < -0.3 is 9.02 Å². The fraction of sp³-hybridized carbons (Fsp3) is 0.0909. The molecule has 0 radical (unpaired) electrons. The molecule has 21 heavy (non-hydrogen) atoms. The molecule has 1 aromatic heterocycles. The van der Waals surface area contributed by atoms with Crippen molar-refractivity contribution < 1.29 is 22.2 Å². The number of rotatable bonds is 5. The zero-order chi connectivity index (χ0) is 15.5. The van der Waals surface area contributed by atoms with Gasteiger partial charge in [0.25, 0.3) is 0 Å². The number of aryl methyl sites for hydroxylation is 1. The minimum absolute atomic E-state index is 0.0171. The van der Waals surface area contributed by atoms with E-state index in [-0.39, 0.29) is 11.4 Å². The van der Waals surface area contributed by atoms with E-state index in [9.17, 15) is 13.2 Å². The van der Waals surface area contributed by atoms with Crippen molar-refractivity contribution in [1.82, 2.24) is 14.7 Å².